The van der Waals surface area contributed by atoms with E-state index in [1.807, 2.05) is 13.0 Å². The Morgan fingerprint density at radius 3 is 2.00 bits per heavy atom. The average Bonchev–Trinajstić information content (AvgIpc) is 3.07. The molecule has 0 aromatic heterocycles. The van der Waals surface area contributed by atoms with Crippen molar-refractivity contribution in [3.8, 4) is 0 Å². The lowest BCUT2D eigenvalue weighted by molar-refractivity contribution is 0.597. The van der Waals surface area contributed by atoms with Gasteiger partial charge in [-0.15, -0.1) is 0 Å². The summed E-state index contributed by atoms with van der Waals surface area (Å²) in [7, 11) is -3.53. The van der Waals surface area contributed by atoms with Crippen molar-refractivity contribution in [2.24, 2.45) is 5.14 Å². The van der Waals surface area contributed by atoms with E-state index in [9.17, 15) is 8.42 Å². The van der Waals surface area contributed by atoms with E-state index >= 15 is 0 Å². The molecule has 0 bridgehead atoms. The highest BCUT2D eigenvalue weighted by Gasteiger charge is 2.12. The maximum absolute atomic E-state index is 10.8. The quantitative estimate of drug-likeness (QED) is 0.730. The van der Waals surface area contributed by atoms with E-state index in [0.717, 1.165) is 5.56 Å². The summed E-state index contributed by atoms with van der Waals surface area (Å²) in [6.07, 6.45) is 1.24. The Morgan fingerprint density at radius 2 is 1.61 bits per heavy atom. The zero-order valence-corrected chi connectivity index (χ0v) is 10.9. The molecule has 3 nitrogen and oxygen atoms in total. The van der Waals surface area contributed by atoms with Gasteiger partial charge in [-0.3, -0.25) is 0 Å². The molecule has 0 aliphatic heterocycles. The lowest BCUT2D eigenvalue weighted by Gasteiger charge is -1.97. The number of fused-ring (bicyclic) bond motifs is 1. The van der Waals surface area contributed by atoms with Crippen LogP contribution in [0.4, 0.5) is 0 Å². The molecule has 0 radical (unpaired) electrons. The first-order valence-corrected chi connectivity index (χ1v) is 7.18. The van der Waals surface area contributed by atoms with Crippen molar-refractivity contribution < 1.29 is 8.42 Å². The van der Waals surface area contributed by atoms with Crippen LogP contribution in [0.3, 0.4) is 0 Å². The predicted octanol–water partition coefficient (Wildman–Crippen LogP) is 2.23. The third-order valence-corrected chi connectivity index (χ3v) is 3.60. The summed E-state index contributed by atoms with van der Waals surface area (Å²) < 4.78 is 21.5. The van der Waals surface area contributed by atoms with Crippen molar-refractivity contribution in [1.82, 2.24) is 0 Å². The minimum absolute atomic E-state index is 0.164. The van der Waals surface area contributed by atoms with Crippen LogP contribution in [-0.4, -0.2) is 8.42 Å². The molecule has 94 valence electrons. The van der Waals surface area contributed by atoms with Gasteiger partial charge in [0.05, 0.1) is 4.90 Å². The molecule has 0 fully saturated rings. The first-order valence-electron chi connectivity index (χ1n) is 5.63. The molecule has 3 rings (SSSR count). The molecule has 2 N–H and O–H groups in total. The van der Waals surface area contributed by atoms with Crippen LogP contribution in [0.25, 0.3) is 0 Å². The van der Waals surface area contributed by atoms with Crippen LogP contribution in [0, 0.1) is 6.92 Å². The van der Waals surface area contributed by atoms with E-state index in [1.165, 1.54) is 29.7 Å². The molecule has 2 aromatic carbocycles. The maximum atomic E-state index is 10.8. The highest BCUT2D eigenvalue weighted by atomic mass is 32.2. The van der Waals surface area contributed by atoms with Crippen LogP contribution in [0.15, 0.2) is 53.4 Å². The topological polar surface area (TPSA) is 60.2 Å². The average molecular weight is 261 g/mol. The summed E-state index contributed by atoms with van der Waals surface area (Å²) in [5, 5.41) is 4.90. The molecule has 4 heteroatoms. The number of nitrogens with two attached hydrogens (primary N) is 1. The van der Waals surface area contributed by atoms with E-state index < -0.39 is 10.0 Å². The van der Waals surface area contributed by atoms with Gasteiger partial charge in [-0.1, -0.05) is 36.4 Å². The molecule has 1 aliphatic rings. The molecule has 1 aliphatic carbocycles. The standard InChI is InChI=1S/C7H9NO2S.C7H6/c1-6-3-2-4-7(5-6)11(8,9)10;1-2-4-7-5-6(7)3-1/h2-5H,1H3,(H2,8,9,10);1-4H,5H2. The third kappa shape index (κ3) is 3.42. The van der Waals surface area contributed by atoms with E-state index in [2.05, 4.69) is 24.3 Å². The molecule has 2 aromatic rings. The summed E-state index contributed by atoms with van der Waals surface area (Å²) in [5.74, 6) is 0. The Morgan fingerprint density at radius 1 is 1.00 bits per heavy atom. The molecule has 0 spiro atoms. The van der Waals surface area contributed by atoms with Gasteiger partial charge in [0, 0.05) is 0 Å². The van der Waals surface area contributed by atoms with E-state index in [0.29, 0.717) is 0 Å². The normalized spacial score (nSPS) is 12.1. The van der Waals surface area contributed by atoms with Gasteiger partial charge in [0.2, 0.25) is 10.0 Å². The first kappa shape index (κ1) is 12.8. The van der Waals surface area contributed by atoms with Crippen molar-refractivity contribution in [3.05, 3.63) is 65.2 Å². The second kappa shape index (κ2) is 4.92. The van der Waals surface area contributed by atoms with Gasteiger partial charge in [-0.25, -0.2) is 13.6 Å². The highest BCUT2D eigenvalue weighted by molar-refractivity contribution is 7.89. The molecule has 18 heavy (non-hydrogen) atoms. The Labute approximate surface area is 107 Å². The highest BCUT2D eigenvalue weighted by Crippen LogP contribution is 2.25. The Hall–Kier alpha value is -1.65. The van der Waals surface area contributed by atoms with Crippen LogP contribution in [0.2, 0.25) is 0 Å². The van der Waals surface area contributed by atoms with Crippen molar-refractivity contribution in [2.75, 3.05) is 0 Å². The molecule has 0 saturated heterocycles. The van der Waals surface area contributed by atoms with Gasteiger partial charge in [-0.2, -0.15) is 0 Å². The summed E-state index contributed by atoms with van der Waals surface area (Å²) >= 11 is 0. The maximum Gasteiger partial charge on any atom is 0.238 e. The van der Waals surface area contributed by atoms with Gasteiger partial charge in [0.25, 0.3) is 0 Å². The van der Waals surface area contributed by atoms with Crippen molar-refractivity contribution >= 4 is 10.0 Å². The van der Waals surface area contributed by atoms with Crippen LogP contribution in [0.5, 0.6) is 0 Å². The minimum atomic E-state index is -3.53. The predicted molar refractivity (Wildman–Crippen MR) is 71.8 cm³/mol. The van der Waals surface area contributed by atoms with Crippen molar-refractivity contribution in [3.63, 3.8) is 0 Å². The zero-order valence-electron chi connectivity index (χ0n) is 10.1. The number of benzene rings is 2. The van der Waals surface area contributed by atoms with Gasteiger partial charge in [-0.05, 0) is 42.2 Å². The van der Waals surface area contributed by atoms with Gasteiger partial charge in [0.15, 0.2) is 0 Å². The number of hydrogen-bond acceptors (Lipinski definition) is 2. The van der Waals surface area contributed by atoms with Gasteiger partial charge >= 0.3 is 0 Å². The molecular weight excluding hydrogens is 246 g/mol. The summed E-state index contributed by atoms with van der Waals surface area (Å²) in [6, 6.07) is 15.0. The van der Waals surface area contributed by atoms with Gasteiger partial charge < -0.3 is 0 Å². The van der Waals surface area contributed by atoms with Crippen LogP contribution < -0.4 is 5.14 Å². The number of aryl methyl sites for hydroxylation is 1. The van der Waals surface area contributed by atoms with Gasteiger partial charge in [0.1, 0.15) is 0 Å². The van der Waals surface area contributed by atoms with Crippen molar-refractivity contribution in [1.29, 1.82) is 0 Å². The molecule has 0 atom stereocenters. The Bertz CT molecular complexity index is 642. The fourth-order valence-corrected chi connectivity index (χ4v) is 2.25. The molecule has 0 heterocycles. The summed E-state index contributed by atoms with van der Waals surface area (Å²) in [6.45, 7) is 1.81. The largest absolute Gasteiger partial charge is 0.238 e. The Kier molecular flexibility index (Phi) is 3.50. The molecular formula is C14H15NO2S. The molecule has 0 unspecified atom stereocenters. The number of primary sulfonamides is 1. The fourth-order valence-electron chi connectivity index (χ4n) is 1.63. The van der Waals surface area contributed by atoms with E-state index in [1.54, 1.807) is 6.07 Å². The minimum Gasteiger partial charge on any atom is -0.225 e. The number of rotatable bonds is 1. The smallest absolute Gasteiger partial charge is 0.225 e. The summed E-state index contributed by atoms with van der Waals surface area (Å²) in [4.78, 5) is 0.164. The zero-order chi connectivity index (χ0) is 13.2. The van der Waals surface area contributed by atoms with E-state index in [-0.39, 0.29) is 4.90 Å². The van der Waals surface area contributed by atoms with E-state index in [4.69, 9.17) is 5.14 Å². The van der Waals surface area contributed by atoms with Crippen molar-refractivity contribution in [2.45, 2.75) is 18.2 Å². The summed E-state index contributed by atoms with van der Waals surface area (Å²) in [5.41, 5.74) is 3.95. The number of sulfonamides is 1. The monoisotopic (exact) mass is 261 g/mol. The first-order chi connectivity index (χ1) is 8.47. The van der Waals surface area contributed by atoms with Crippen LogP contribution in [0.1, 0.15) is 16.7 Å². The molecule has 0 saturated carbocycles. The van der Waals surface area contributed by atoms with Crippen LogP contribution in [-0.2, 0) is 16.4 Å². The number of hydrogen-bond donors (Lipinski definition) is 1. The van der Waals surface area contributed by atoms with Crippen LogP contribution >= 0.6 is 0 Å². The lowest BCUT2D eigenvalue weighted by atomic mass is 10.2. The lowest BCUT2D eigenvalue weighted by Crippen LogP contribution is -2.11. The SMILES string of the molecule is Cc1cccc(S(N)(=O)=O)c1.c1ccc2c(c1)C2. The second-order valence-corrected chi connectivity index (χ2v) is 5.87. The fraction of sp³-hybridized carbons (Fsp3) is 0.143. The Balaban J connectivity index is 0.000000146. The second-order valence-electron chi connectivity index (χ2n) is 4.31. The molecule has 0 amide bonds. The third-order valence-electron chi connectivity index (χ3n) is 2.69.